The van der Waals surface area contributed by atoms with Crippen LogP contribution in [0.1, 0.15) is 25.8 Å². The van der Waals surface area contributed by atoms with Crippen LogP contribution in [-0.4, -0.2) is 37.0 Å². The van der Waals surface area contributed by atoms with Gasteiger partial charge in [-0.15, -0.1) is 0 Å². The lowest BCUT2D eigenvalue weighted by Crippen LogP contribution is -2.49. The molecular formula is C16H25N3O. The number of aryl methyl sites for hydroxylation is 1. The summed E-state index contributed by atoms with van der Waals surface area (Å²) >= 11 is 0. The number of anilines is 2. The van der Waals surface area contributed by atoms with Crippen LogP contribution in [0.3, 0.4) is 0 Å². The molecule has 1 aliphatic rings. The summed E-state index contributed by atoms with van der Waals surface area (Å²) in [6.45, 7) is 9.65. The van der Waals surface area contributed by atoms with Crippen LogP contribution in [0.25, 0.3) is 0 Å². The number of carbonyl (C=O) groups excluding carboxylic acids is 1. The van der Waals surface area contributed by atoms with Gasteiger partial charge in [0.1, 0.15) is 0 Å². The van der Waals surface area contributed by atoms with Gasteiger partial charge in [-0.25, -0.2) is 0 Å². The molecule has 20 heavy (non-hydrogen) atoms. The molecule has 1 heterocycles. The summed E-state index contributed by atoms with van der Waals surface area (Å²) in [6.07, 6.45) is 0.650. The molecule has 0 saturated carbocycles. The summed E-state index contributed by atoms with van der Waals surface area (Å²) in [5, 5.41) is 0. The van der Waals surface area contributed by atoms with E-state index in [1.54, 1.807) is 0 Å². The summed E-state index contributed by atoms with van der Waals surface area (Å²) in [6, 6.07) is 6.02. The van der Waals surface area contributed by atoms with E-state index in [0.29, 0.717) is 12.3 Å². The van der Waals surface area contributed by atoms with Crippen LogP contribution in [0.2, 0.25) is 0 Å². The second kappa shape index (κ2) is 6.16. The van der Waals surface area contributed by atoms with Gasteiger partial charge in [0.15, 0.2) is 0 Å². The second-order valence-electron chi connectivity index (χ2n) is 6.01. The van der Waals surface area contributed by atoms with E-state index in [0.717, 1.165) is 31.9 Å². The van der Waals surface area contributed by atoms with Gasteiger partial charge in [0.2, 0.25) is 5.91 Å². The lowest BCUT2D eigenvalue weighted by molar-refractivity contribution is -0.132. The largest absolute Gasteiger partial charge is 0.399 e. The molecule has 4 nitrogen and oxygen atoms in total. The molecule has 1 saturated heterocycles. The molecule has 1 aromatic carbocycles. The SMILES string of the molecule is Cc1ccc(N)cc1N1CCN(C(=O)CC(C)C)CC1. The van der Waals surface area contributed by atoms with Gasteiger partial charge >= 0.3 is 0 Å². The Labute approximate surface area is 121 Å². The monoisotopic (exact) mass is 275 g/mol. The molecule has 0 atom stereocenters. The molecule has 1 amide bonds. The number of carbonyl (C=O) groups is 1. The van der Waals surface area contributed by atoms with Gasteiger partial charge in [-0.2, -0.15) is 0 Å². The molecule has 0 aliphatic carbocycles. The third kappa shape index (κ3) is 3.44. The van der Waals surface area contributed by atoms with Crippen molar-refractivity contribution in [2.24, 2.45) is 5.92 Å². The Morgan fingerprint density at radius 2 is 1.90 bits per heavy atom. The van der Waals surface area contributed by atoms with Crippen LogP contribution >= 0.6 is 0 Å². The molecular weight excluding hydrogens is 250 g/mol. The minimum Gasteiger partial charge on any atom is -0.399 e. The van der Waals surface area contributed by atoms with Gasteiger partial charge in [-0.05, 0) is 30.5 Å². The summed E-state index contributed by atoms with van der Waals surface area (Å²) < 4.78 is 0. The Kier molecular flexibility index (Phi) is 4.53. The second-order valence-corrected chi connectivity index (χ2v) is 6.01. The zero-order valence-corrected chi connectivity index (χ0v) is 12.7. The third-order valence-electron chi connectivity index (χ3n) is 3.79. The highest BCUT2D eigenvalue weighted by Crippen LogP contribution is 2.24. The number of rotatable bonds is 3. The first kappa shape index (κ1) is 14.7. The van der Waals surface area contributed by atoms with E-state index >= 15 is 0 Å². The van der Waals surface area contributed by atoms with Crippen LogP contribution in [0, 0.1) is 12.8 Å². The average molecular weight is 275 g/mol. The first-order valence-corrected chi connectivity index (χ1v) is 7.36. The molecule has 4 heteroatoms. The van der Waals surface area contributed by atoms with Crippen LogP contribution in [0.15, 0.2) is 18.2 Å². The number of amides is 1. The van der Waals surface area contributed by atoms with Gasteiger partial charge in [-0.1, -0.05) is 19.9 Å². The molecule has 1 aromatic rings. The predicted molar refractivity (Wildman–Crippen MR) is 83.8 cm³/mol. The van der Waals surface area contributed by atoms with Crippen molar-refractivity contribution < 1.29 is 4.79 Å². The quantitative estimate of drug-likeness (QED) is 0.861. The summed E-state index contributed by atoms with van der Waals surface area (Å²) in [5.41, 5.74) is 9.10. The Balaban J connectivity index is 1.97. The maximum atomic E-state index is 12.1. The normalized spacial score (nSPS) is 15.8. The van der Waals surface area contributed by atoms with E-state index in [1.807, 2.05) is 17.0 Å². The highest BCUT2D eigenvalue weighted by Gasteiger charge is 2.22. The van der Waals surface area contributed by atoms with Crippen molar-refractivity contribution in [2.45, 2.75) is 27.2 Å². The van der Waals surface area contributed by atoms with Gasteiger partial charge in [0.05, 0.1) is 0 Å². The molecule has 1 fully saturated rings. The number of benzene rings is 1. The maximum absolute atomic E-state index is 12.1. The predicted octanol–water partition coefficient (Wildman–Crippen LogP) is 2.27. The van der Waals surface area contributed by atoms with E-state index in [9.17, 15) is 4.79 Å². The minimum atomic E-state index is 0.281. The lowest BCUT2D eigenvalue weighted by Gasteiger charge is -2.37. The molecule has 2 rings (SSSR count). The van der Waals surface area contributed by atoms with Crippen LogP contribution in [-0.2, 0) is 4.79 Å². The first-order valence-electron chi connectivity index (χ1n) is 7.36. The van der Waals surface area contributed by atoms with Crippen molar-refractivity contribution in [1.82, 2.24) is 4.90 Å². The summed E-state index contributed by atoms with van der Waals surface area (Å²) in [5.74, 6) is 0.709. The van der Waals surface area contributed by atoms with Crippen molar-refractivity contribution in [3.05, 3.63) is 23.8 Å². The molecule has 2 N–H and O–H groups in total. The number of hydrogen-bond acceptors (Lipinski definition) is 3. The zero-order chi connectivity index (χ0) is 14.7. The van der Waals surface area contributed by atoms with Crippen molar-refractivity contribution in [3.63, 3.8) is 0 Å². The van der Waals surface area contributed by atoms with Crippen LogP contribution < -0.4 is 10.6 Å². The lowest BCUT2D eigenvalue weighted by atomic mass is 10.1. The van der Waals surface area contributed by atoms with Gasteiger partial charge in [0.25, 0.3) is 0 Å². The Bertz CT molecular complexity index is 477. The van der Waals surface area contributed by atoms with E-state index in [2.05, 4.69) is 31.7 Å². The van der Waals surface area contributed by atoms with E-state index < -0.39 is 0 Å². The third-order valence-corrected chi connectivity index (χ3v) is 3.79. The van der Waals surface area contributed by atoms with Crippen molar-refractivity contribution in [1.29, 1.82) is 0 Å². The molecule has 0 spiro atoms. The van der Waals surface area contributed by atoms with Crippen molar-refractivity contribution in [2.75, 3.05) is 36.8 Å². The Morgan fingerprint density at radius 1 is 1.25 bits per heavy atom. The highest BCUT2D eigenvalue weighted by atomic mass is 16.2. The molecule has 1 aliphatic heterocycles. The number of nitrogens with zero attached hydrogens (tertiary/aromatic N) is 2. The number of piperazine rings is 1. The van der Waals surface area contributed by atoms with Crippen LogP contribution in [0.4, 0.5) is 11.4 Å². The van der Waals surface area contributed by atoms with E-state index in [1.165, 1.54) is 11.3 Å². The topological polar surface area (TPSA) is 49.6 Å². The number of hydrogen-bond donors (Lipinski definition) is 1. The summed E-state index contributed by atoms with van der Waals surface area (Å²) in [4.78, 5) is 16.4. The first-order chi connectivity index (χ1) is 9.47. The van der Waals surface area contributed by atoms with Gasteiger partial charge in [0, 0.05) is 44.0 Å². The molecule has 0 unspecified atom stereocenters. The van der Waals surface area contributed by atoms with Crippen LogP contribution in [0.5, 0.6) is 0 Å². The molecule has 0 radical (unpaired) electrons. The Hall–Kier alpha value is -1.71. The fourth-order valence-electron chi connectivity index (χ4n) is 2.64. The fourth-order valence-corrected chi connectivity index (χ4v) is 2.64. The van der Waals surface area contributed by atoms with Gasteiger partial charge < -0.3 is 15.5 Å². The molecule has 0 aromatic heterocycles. The Morgan fingerprint density at radius 3 is 2.50 bits per heavy atom. The van der Waals surface area contributed by atoms with Gasteiger partial charge in [-0.3, -0.25) is 4.79 Å². The smallest absolute Gasteiger partial charge is 0.222 e. The molecule has 0 bridgehead atoms. The average Bonchev–Trinajstić information content (AvgIpc) is 2.41. The molecule has 110 valence electrons. The summed E-state index contributed by atoms with van der Waals surface area (Å²) in [7, 11) is 0. The maximum Gasteiger partial charge on any atom is 0.222 e. The number of nitrogen functional groups attached to an aromatic ring is 1. The fraction of sp³-hybridized carbons (Fsp3) is 0.562. The highest BCUT2D eigenvalue weighted by molar-refractivity contribution is 5.76. The minimum absolute atomic E-state index is 0.281. The van der Waals surface area contributed by atoms with Crippen molar-refractivity contribution in [3.8, 4) is 0 Å². The zero-order valence-electron chi connectivity index (χ0n) is 12.7. The van der Waals surface area contributed by atoms with E-state index in [4.69, 9.17) is 5.73 Å². The standard InChI is InChI=1S/C16H25N3O/c1-12(2)10-16(20)19-8-6-18(7-9-19)15-11-14(17)5-4-13(15)3/h4-5,11-12H,6-10,17H2,1-3H3. The van der Waals surface area contributed by atoms with E-state index in [-0.39, 0.29) is 5.91 Å². The number of nitrogens with two attached hydrogens (primary N) is 1. The van der Waals surface area contributed by atoms with Crippen molar-refractivity contribution >= 4 is 17.3 Å².